The van der Waals surface area contributed by atoms with Crippen molar-refractivity contribution in [1.29, 1.82) is 0 Å². The number of anilines is 1. The van der Waals surface area contributed by atoms with Gasteiger partial charge in [0.05, 0.1) is 6.04 Å². The Morgan fingerprint density at radius 1 is 1.17 bits per heavy atom. The molecule has 24 heavy (non-hydrogen) atoms. The highest BCUT2D eigenvalue weighted by molar-refractivity contribution is 6.30. The van der Waals surface area contributed by atoms with Gasteiger partial charge in [-0.2, -0.15) is 0 Å². The van der Waals surface area contributed by atoms with Crippen molar-refractivity contribution in [1.82, 2.24) is 10.6 Å². The molecule has 6 heteroatoms. The van der Waals surface area contributed by atoms with Crippen LogP contribution in [0.5, 0.6) is 0 Å². The highest BCUT2D eigenvalue weighted by Crippen LogP contribution is 2.25. The van der Waals surface area contributed by atoms with Crippen LogP contribution in [0, 0.1) is 5.92 Å². The molecular formula is C18H24ClN3O2. The van der Waals surface area contributed by atoms with E-state index < -0.39 is 0 Å². The first kappa shape index (κ1) is 17.1. The lowest BCUT2D eigenvalue weighted by Gasteiger charge is -2.30. The van der Waals surface area contributed by atoms with Crippen molar-refractivity contribution < 1.29 is 9.59 Å². The summed E-state index contributed by atoms with van der Waals surface area (Å²) in [5, 5.41) is 6.66. The van der Waals surface area contributed by atoms with Crippen molar-refractivity contribution in [2.75, 3.05) is 11.4 Å². The van der Waals surface area contributed by atoms with Gasteiger partial charge in [-0.15, -0.1) is 0 Å². The number of nitrogens with zero attached hydrogens (tertiary/aromatic N) is 1. The predicted octanol–water partition coefficient (Wildman–Crippen LogP) is 3.32. The summed E-state index contributed by atoms with van der Waals surface area (Å²) in [5.41, 5.74) is 0.815. The molecule has 2 N–H and O–H groups in total. The number of urea groups is 1. The fourth-order valence-corrected chi connectivity index (χ4v) is 3.73. The first-order valence-electron chi connectivity index (χ1n) is 8.66. The van der Waals surface area contributed by atoms with E-state index in [1.54, 1.807) is 17.0 Å². The van der Waals surface area contributed by atoms with E-state index in [2.05, 4.69) is 17.6 Å². The summed E-state index contributed by atoms with van der Waals surface area (Å²) in [6.45, 7) is 2.68. The zero-order valence-electron chi connectivity index (χ0n) is 13.9. The van der Waals surface area contributed by atoms with Gasteiger partial charge in [0.15, 0.2) is 0 Å². The molecular weight excluding hydrogens is 326 g/mol. The summed E-state index contributed by atoms with van der Waals surface area (Å²) in [7, 11) is 0. The highest BCUT2D eigenvalue weighted by atomic mass is 35.5. The van der Waals surface area contributed by atoms with Crippen molar-refractivity contribution >= 4 is 29.2 Å². The summed E-state index contributed by atoms with van der Waals surface area (Å²) in [6, 6.07) is 7.10. The maximum atomic E-state index is 12.2. The molecule has 1 aliphatic heterocycles. The Kier molecular flexibility index (Phi) is 5.29. The second kappa shape index (κ2) is 7.43. The van der Waals surface area contributed by atoms with Crippen LogP contribution in [0.3, 0.4) is 0 Å². The third kappa shape index (κ3) is 4.01. The Labute approximate surface area is 147 Å². The number of nitrogens with one attached hydrogen (secondary N) is 2. The molecule has 0 bridgehead atoms. The Morgan fingerprint density at radius 3 is 2.58 bits per heavy atom. The lowest BCUT2D eigenvalue weighted by molar-refractivity contribution is -0.117. The number of carbonyl (C=O) groups is 2. The van der Waals surface area contributed by atoms with Gasteiger partial charge < -0.3 is 15.5 Å². The van der Waals surface area contributed by atoms with E-state index >= 15 is 0 Å². The first-order valence-corrected chi connectivity index (χ1v) is 9.03. The smallest absolute Gasteiger partial charge is 0.315 e. The lowest BCUT2D eigenvalue weighted by Crippen LogP contribution is -2.49. The zero-order chi connectivity index (χ0) is 17.1. The molecule has 0 unspecified atom stereocenters. The van der Waals surface area contributed by atoms with Crippen molar-refractivity contribution in [3.05, 3.63) is 29.3 Å². The monoisotopic (exact) mass is 349 g/mol. The number of carbonyl (C=O) groups excluding carboxylic acids is 2. The standard InChI is InChI=1S/C18H24ClN3O2/c1-12-4-2-3-5-16(12)21-18(24)20-14-10-17(23)22(11-14)15-8-6-13(19)7-9-15/h6-9,12,14,16H,2-5,10-11H2,1H3,(H2,20,21,24)/t12-,14+,16+/m0/s1. The van der Waals surface area contributed by atoms with Crippen LogP contribution in [-0.2, 0) is 4.79 Å². The third-order valence-corrected chi connectivity index (χ3v) is 5.28. The molecule has 3 atom stereocenters. The number of hydrogen-bond acceptors (Lipinski definition) is 2. The average Bonchev–Trinajstić information content (AvgIpc) is 2.90. The second-order valence-corrected chi connectivity index (χ2v) is 7.30. The SMILES string of the molecule is C[C@H]1CCCC[C@H]1NC(=O)N[C@@H]1CC(=O)N(c2ccc(Cl)cc2)C1. The average molecular weight is 350 g/mol. The number of benzene rings is 1. The van der Waals surface area contributed by atoms with Gasteiger partial charge in [-0.25, -0.2) is 4.79 Å². The molecule has 130 valence electrons. The largest absolute Gasteiger partial charge is 0.335 e. The minimum Gasteiger partial charge on any atom is -0.335 e. The Bertz CT molecular complexity index is 605. The molecule has 2 fully saturated rings. The van der Waals surface area contributed by atoms with Crippen molar-refractivity contribution in [3.63, 3.8) is 0 Å². The molecule has 3 rings (SSSR count). The van der Waals surface area contributed by atoms with Gasteiger partial charge in [0, 0.05) is 29.7 Å². The Hall–Kier alpha value is -1.75. The van der Waals surface area contributed by atoms with Gasteiger partial charge in [0.1, 0.15) is 0 Å². The molecule has 0 radical (unpaired) electrons. The van der Waals surface area contributed by atoms with E-state index in [4.69, 9.17) is 11.6 Å². The maximum Gasteiger partial charge on any atom is 0.315 e. The van der Waals surface area contributed by atoms with Crippen LogP contribution in [0.4, 0.5) is 10.5 Å². The molecule has 1 aromatic rings. The molecule has 1 heterocycles. The topological polar surface area (TPSA) is 61.4 Å². The normalized spacial score (nSPS) is 27.2. The van der Waals surface area contributed by atoms with Crippen LogP contribution >= 0.6 is 11.6 Å². The third-order valence-electron chi connectivity index (χ3n) is 5.03. The number of amides is 3. The van der Waals surface area contributed by atoms with Gasteiger partial charge in [-0.3, -0.25) is 4.79 Å². The number of rotatable bonds is 3. The van der Waals surface area contributed by atoms with Crippen LogP contribution in [0.25, 0.3) is 0 Å². The minimum atomic E-state index is -0.162. The molecule has 0 spiro atoms. The van der Waals surface area contributed by atoms with E-state index in [1.165, 1.54) is 12.8 Å². The van der Waals surface area contributed by atoms with Crippen LogP contribution < -0.4 is 15.5 Å². The molecule has 0 aromatic heterocycles. The molecule has 5 nitrogen and oxygen atoms in total. The maximum absolute atomic E-state index is 12.2. The zero-order valence-corrected chi connectivity index (χ0v) is 14.7. The molecule has 1 aromatic carbocycles. The Balaban J connectivity index is 1.54. The van der Waals surface area contributed by atoms with Crippen LogP contribution in [0.2, 0.25) is 5.02 Å². The lowest BCUT2D eigenvalue weighted by atomic mass is 9.86. The Morgan fingerprint density at radius 2 is 1.88 bits per heavy atom. The van der Waals surface area contributed by atoms with Gasteiger partial charge in [0.2, 0.25) is 5.91 Å². The van der Waals surface area contributed by atoms with E-state index in [1.807, 2.05) is 12.1 Å². The first-order chi connectivity index (χ1) is 11.5. The van der Waals surface area contributed by atoms with Crippen molar-refractivity contribution in [2.45, 2.75) is 51.1 Å². The molecule has 2 aliphatic rings. The molecule has 1 saturated heterocycles. The van der Waals surface area contributed by atoms with E-state index in [0.717, 1.165) is 18.5 Å². The van der Waals surface area contributed by atoms with Crippen molar-refractivity contribution in [2.24, 2.45) is 5.92 Å². The van der Waals surface area contributed by atoms with E-state index in [-0.39, 0.29) is 24.0 Å². The molecule has 1 aliphatic carbocycles. The molecule has 1 saturated carbocycles. The number of hydrogen-bond donors (Lipinski definition) is 2. The van der Waals surface area contributed by atoms with Gasteiger partial charge >= 0.3 is 6.03 Å². The van der Waals surface area contributed by atoms with Gasteiger partial charge in [-0.1, -0.05) is 31.4 Å². The van der Waals surface area contributed by atoms with Crippen molar-refractivity contribution in [3.8, 4) is 0 Å². The highest BCUT2D eigenvalue weighted by Gasteiger charge is 2.32. The quantitative estimate of drug-likeness (QED) is 0.879. The van der Waals surface area contributed by atoms with E-state index in [9.17, 15) is 9.59 Å². The van der Waals surface area contributed by atoms with Gasteiger partial charge in [-0.05, 0) is 43.0 Å². The second-order valence-electron chi connectivity index (χ2n) is 6.87. The van der Waals surface area contributed by atoms with Gasteiger partial charge in [0.25, 0.3) is 0 Å². The van der Waals surface area contributed by atoms with E-state index in [0.29, 0.717) is 23.9 Å². The van der Waals surface area contributed by atoms with Crippen LogP contribution in [-0.4, -0.2) is 30.6 Å². The minimum absolute atomic E-state index is 0.0219. The number of halogens is 1. The van der Waals surface area contributed by atoms with Crippen LogP contribution in [0.15, 0.2) is 24.3 Å². The summed E-state index contributed by atoms with van der Waals surface area (Å²) in [6.07, 6.45) is 4.94. The summed E-state index contributed by atoms with van der Waals surface area (Å²) in [5.74, 6) is 0.536. The fraction of sp³-hybridized carbons (Fsp3) is 0.556. The van der Waals surface area contributed by atoms with Crippen LogP contribution in [0.1, 0.15) is 39.0 Å². The summed E-state index contributed by atoms with van der Waals surface area (Å²) >= 11 is 5.89. The summed E-state index contributed by atoms with van der Waals surface area (Å²) in [4.78, 5) is 26.2. The summed E-state index contributed by atoms with van der Waals surface area (Å²) < 4.78 is 0. The molecule has 3 amide bonds. The fourth-order valence-electron chi connectivity index (χ4n) is 3.60. The predicted molar refractivity (Wildman–Crippen MR) is 95.3 cm³/mol.